The Bertz CT molecular complexity index is 400. The van der Waals surface area contributed by atoms with Crippen LogP contribution in [0, 0.1) is 0 Å². The van der Waals surface area contributed by atoms with Crippen molar-refractivity contribution in [1.82, 2.24) is 20.2 Å². The molecular formula is C14H24N4O. The molecule has 2 aliphatic rings. The highest BCUT2D eigenvalue weighted by molar-refractivity contribution is 5.09. The van der Waals surface area contributed by atoms with Crippen LogP contribution in [0.4, 0.5) is 0 Å². The van der Waals surface area contributed by atoms with Gasteiger partial charge in [0, 0.05) is 63.1 Å². The first-order chi connectivity index (χ1) is 9.31. The van der Waals surface area contributed by atoms with Gasteiger partial charge in [0.15, 0.2) is 0 Å². The van der Waals surface area contributed by atoms with E-state index in [2.05, 4.69) is 27.2 Å². The molecule has 0 bridgehead atoms. The Balaban J connectivity index is 1.58. The van der Waals surface area contributed by atoms with Crippen LogP contribution in [-0.2, 0) is 11.2 Å². The third-order valence-corrected chi connectivity index (χ3v) is 4.21. The maximum Gasteiger partial charge on any atom is 0.107 e. The van der Waals surface area contributed by atoms with Crippen LogP contribution in [0.5, 0.6) is 0 Å². The predicted molar refractivity (Wildman–Crippen MR) is 74.4 cm³/mol. The molecule has 1 atom stereocenters. The second-order valence-electron chi connectivity index (χ2n) is 5.79. The number of nitrogens with one attached hydrogen (secondary N) is 2. The predicted octanol–water partition coefficient (Wildman–Crippen LogP) is 0.750. The van der Waals surface area contributed by atoms with Crippen LogP contribution in [0.1, 0.15) is 30.3 Å². The normalized spacial score (nSPS) is 26.7. The van der Waals surface area contributed by atoms with Gasteiger partial charge >= 0.3 is 0 Å². The zero-order chi connectivity index (χ0) is 13.1. The summed E-state index contributed by atoms with van der Waals surface area (Å²) in [5, 5.41) is 3.57. The highest BCUT2D eigenvalue weighted by Crippen LogP contribution is 2.25. The number of piperazine rings is 1. The van der Waals surface area contributed by atoms with Gasteiger partial charge in [-0.15, -0.1) is 0 Å². The molecule has 0 amide bonds. The van der Waals surface area contributed by atoms with E-state index >= 15 is 0 Å². The third kappa shape index (κ3) is 3.35. The summed E-state index contributed by atoms with van der Waals surface area (Å²) in [5.41, 5.74) is 1.29. The number of H-pyrrole nitrogens is 1. The molecule has 1 aromatic rings. The smallest absolute Gasteiger partial charge is 0.107 e. The summed E-state index contributed by atoms with van der Waals surface area (Å²) in [6.07, 6.45) is 5.25. The lowest BCUT2D eigenvalue weighted by Crippen LogP contribution is -2.50. The molecule has 3 rings (SSSR count). The summed E-state index contributed by atoms with van der Waals surface area (Å²) in [6.45, 7) is 5.09. The second-order valence-corrected chi connectivity index (χ2v) is 5.79. The number of aromatic amines is 1. The van der Waals surface area contributed by atoms with Gasteiger partial charge in [0.2, 0.25) is 0 Å². The van der Waals surface area contributed by atoms with Gasteiger partial charge in [-0.2, -0.15) is 0 Å². The van der Waals surface area contributed by atoms with Gasteiger partial charge < -0.3 is 19.9 Å². The molecule has 5 heteroatoms. The number of ether oxygens (including phenoxy) is 1. The van der Waals surface area contributed by atoms with Gasteiger partial charge in [-0.25, -0.2) is 4.98 Å². The molecule has 2 fully saturated rings. The van der Waals surface area contributed by atoms with E-state index in [-0.39, 0.29) is 0 Å². The largest absolute Gasteiger partial charge is 0.381 e. The second kappa shape index (κ2) is 6.03. The van der Waals surface area contributed by atoms with Gasteiger partial charge in [-0.3, -0.25) is 0 Å². The van der Waals surface area contributed by atoms with E-state index in [9.17, 15) is 0 Å². The lowest BCUT2D eigenvalue weighted by atomic mass is 9.97. The monoisotopic (exact) mass is 264 g/mol. The van der Waals surface area contributed by atoms with Gasteiger partial charge in [0.1, 0.15) is 5.82 Å². The summed E-state index contributed by atoms with van der Waals surface area (Å²) >= 11 is 0. The number of rotatable bonds is 3. The van der Waals surface area contributed by atoms with Crippen LogP contribution < -0.4 is 5.32 Å². The molecule has 1 aromatic heterocycles. The molecule has 2 aliphatic heterocycles. The molecule has 0 spiro atoms. The third-order valence-electron chi connectivity index (χ3n) is 4.21. The number of hydrogen-bond acceptors (Lipinski definition) is 4. The van der Waals surface area contributed by atoms with Crippen molar-refractivity contribution < 1.29 is 4.74 Å². The van der Waals surface area contributed by atoms with Gasteiger partial charge in [-0.1, -0.05) is 0 Å². The molecule has 0 aromatic carbocycles. The Hall–Kier alpha value is -0.910. The maximum atomic E-state index is 5.41. The highest BCUT2D eigenvalue weighted by Gasteiger charge is 2.20. The van der Waals surface area contributed by atoms with Gasteiger partial charge in [0.05, 0.1) is 0 Å². The van der Waals surface area contributed by atoms with Crippen LogP contribution in [0.2, 0.25) is 0 Å². The number of nitrogens with zero attached hydrogens (tertiary/aromatic N) is 2. The first kappa shape index (κ1) is 13.1. The van der Waals surface area contributed by atoms with Crippen molar-refractivity contribution in [3.8, 4) is 0 Å². The summed E-state index contributed by atoms with van der Waals surface area (Å²) in [6, 6.07) is 0.521. The van der Waals surface area contributed by atoms with Crippen LogP contribution in [0.3, 0.4) is 0 Å². The molecule has 0 radical (unpaired) electrons. The first-order valence-corrected chi connectivity index (χ1v) is 7.34. The summed E-state index contributed by atoms with van der Waals surface area (Å²) in [4.78, 5) is 10.5. The molecule has 106 valence electrons. The van der Waals surface area contributed by atoms with Crippen LogP contribution in [-0.4, -0.2) is 60.8 Å². The van der Waals surface area contributed by atoms with Crippen molar-refractivity contribution in [2.45, 2.75) is 31.2 Å². The molecule has 1 unspecified atom stereocenters. The van der Waals surface area contributed by atoms with Crippen LogP contribution in [0.15, 0.2) is 6.20 Å². The fraction of sp³-hybridized carbons (Fsp3) is 0.786. The molecule has 5 nitrogen and oxygen atoms in total. The van der Waals surface area contributed by atoms with E-state index in [1.807, 2.05) is 6.20 Å². The molecule has 19 heavy (non-hydrogen) atoms. The summed E-state index contributed by atoms with van der Waals surface area (Å²) in [5.74, 6) is 1.73. The Morgan fingerprint density at radius 3 is 3.05 bits per heavy atom. The zero-order valence-electron chi connectivity index (χ0n) is 11.7. The van der Waals surface area contributed by atoms with Crippen molar-refractivity contribution >= 4 is 0 Å². The van der Waals surface area contributed by atoms with E-state index < -0.39 is 0 Å². The fourth-order valence-corrected chi connectivity index (χ4v) is 3.06. The highest BCUT2D eigenvalue weighted by atomic mass is 16.5. The minimum Gasteiger partial charge on any atom is -0.381 e. The van der Waals surface area contributed by atoms with Gasteiger partial charge in [0.25, 0.3) is 0 Å². The molecular weight excluding hydrogens is 240 g/mol. The lowest BCUT2D eigenvalue weighted by Gasteiger charge is -2.30. The zero-order valence-corrected chi connectivity index (χ0v) is 11.7. The van der Waals surface area contributed by atoms with Crippen LogP contribution >= 0.6 is 0 Å². The Kier molecular flexibility index (Phi) is 4.15. The molecule has 2 saturated heterocycles. The van der Waals surface area contributed by atoms with E-state index in [0.717, 1.165) is 57.9 Å². The van der Waals surface area contributed by atoms with Crippen molar-refractivity contribution in [2.75, 3.05) is 39.9 Å². The fourth-order valence-electron chi connectivity index (χ4n) is 3.06. The van der Waals surface area contributed by atoms with Gasteiger partial charge in [-0.05, 0) is 19.9 Å². The Morgan fingerprint density at radius 1 is 1.42 bits per heavy atom. The van der Waals surface area contributed by atoms with E-state index in [1.54, 1.807) is 0 Å². The molecule has 2 N–H and O–H groups in total. The van der Waals surface area contributed by atoms with E-state index in [4.69, 9.17) is 4.74 Å². The SMILES string of the molecule is CN1CCNC(Cc2ncc(C3CCOCC3)[nH]2)C1. The molecule has 0 aliphatic carbocycles. The molecule has 3 heterocycles. The topological polar surface area (TPSA) is 53.2 Å². The summed E-state index contributed by atoms with van der Waals surface area (Å²) in [7, 11) is 2.18. The minimum atomic E-state index is 0.521. The Labute approximate surface area is 114 Å². The Morgan fingerprint density at radius 2 is 2.26 bits per heavy atom. The summed E-state index contributed by atoms with van der Waals surface area (Å²) < 4.78 is 5.41. The average molecular weight is 264 g/mol. The van der Waals surface area contributed by atoms with Crippen molar-refractivity contribution in [2.24, 2.45) is 0 Å². The average Bonchev–Trinajstić information content (AvgIpc) is 2.88. The van der Waals surface area contributed by atoms with E-state index in [1.165, 1.54) is 5.69 Å². The van der Waals surface area contributed by atoms with Crippen LogP contribution in [0.25, 0.3) is 0 Å². The minimum absolute atomic E-state index is 0.521. The quantitative estimate of drug-likeness (QED) is 0.846. The molecule has 0 saturated carbocycles. The number of imidazole rings is 1. The van der Waals surface area contributed by atoms with Crippen molar-refractivity contribution in [3.05, 3.63) is 17.7 Å². The van der Waals surface area contributed by atoms with Crippen molar-refractivity contribution in [3.63, 3.8) is 0 Å². The number of aromatic nitrogens is 2. The lowest BCUT2D eigenvalue weighted by molar-refractivity contribution is 0.0845. The number of hydrogen-bond donors (Lipinski definition) is 2. The van der Waals surface area contributed by atoms with Crippen molar-refractivity contribution in [1.29, 1.82) is 0 Å². The first-order valence-electron chi connectivity index (χ1n) is 7.34. The number of likely N-dealkylation sites (N-methyl/N-ethyl adjacent to an activating group) is 1. The maximum absolute atomic E-state index is 5.41. The van der Waals surface area contributed by atoms with E-state index in [0.29, 0.717) is 12.0 Å². The standard InChI is InChI=1S/C14H24N4O/c1-18-5-4-15-12(10-18)8-14-16-9-13(17-14)11-2-6-19-7-3-11/h9,11-12,15H,2-8,10H2,1H3,(H,16,17).